The molecule has 3 aromatic rings. The molecule has 6 nitrogen and oxygen atoms in total. The van der Waals surface area contributed by atoms with Gasteiger partial charge in [0.15, 0.2) is 6.61 Å². The van der Waals surface area contributed by atoms with Gasteiger partial charge in [-0.1, -0.05) is 24.3 Å². The SMILES string of the molecule is CCOC(=O)c1oc2ccccc2c1COC(=O)COc1ccc2c(c1)CCC2. The van der Waals surface area contributed by atoms with Gasteiger partial charge in [-0.3, -0.25) is 0 Å². The Balaban J connectivity index is 1.41. The molecule has 1 aliphatic rings. The molecule has 1 heterocycles. The molecule has 1 aromatic heterocycles. The summed E-state index contributed by atoms with van der Waals surface area (Å²) in [6.07, 6.45) is 3.29. The molecule has 0 radical (unpaired) electrons. The zero-order chi connectivity index (χ0) is 20.2. The van der Waals surface area contributed by atoms with E-state index in [-0.39, 0.29) is 25.6 Å². The van der Waals surface area contributed by atoms with Crippen molar-refractivity contribution >= 4 is 22.9 Å². The maximum absolute atomic E-state index is 12.2. The molecule has 0 unspecified atom stereocenters. The number of rotatable bonds is 7. The van der Waals surface area contributed by atoms with E-state index in [1.807, 2.05) is 30.3 Å². The summed E-state index contributed by atoms with van der Waals surface area (Å²) >= 11 is 0. The van der Waals surface area contributed by atoms with Crippen molar-refractivity contribution in [3.63, 3.8) is 0 Å². The van der Waals surface area contributed by atoms with Gasteiger partial charge in [0.2, 0.25) is 5.76 Å². The number of carbonyl (C=O) groups excluding carboxylic acids is 2. The molecule has 0 saturated carbocycles. The molecular weight excluding hydrogens is 372 g/mol. The molecule has 0 bridgehead atoms. The monoisotopic (exact) mass is 394 g/mol. The molecule has 150 valence electrons. The predicted octanol–water partition coefficient (Wildman–Crippen LogP) is 4.22. The third-order valence-electron chi connectivity index (χ3n) is 4.96. The summed E-state index contributed by atoms with van der Waals surface area (Å²) < 4.78 is 21.6. The average Bonchev–Trinajstić information content (AvgIpc) is 3.35. The van der Waals surface area contributed by atoms with E-state index in [1.165, 1.54) is 11.1 Å². The van der Waals surface area contributed by atoms with Crippen LogP contribution >= 0.6 is 0 Å². The van der Waals surface area contributed by atoms with Crippen LogP contribution in [0.2, 0.25) is 0 Å². The van der Waals surface area contributed by atoms with Crippen LogP contribution in [0.3, 0.4) is 0 Å². The lowest BCUT2D eigenvalue weighted by molar-refractivity contribution is -0.147. The van der Waals surface area contributed by atoms with Crippen molar-refractivity contribution in [2.45, 2.75) is 32.8 Å². The third-order valence-corrected chi connectivity index (χ3v) is 4.96. The van der Waals surface area contributed by atoms with Crippen molar-refractivity contribution in [1.82, 2.24) is 0 Å². The van der Waals surface area contributed by atoms with Gasteiger partial charge in [0.05, 0.1) is 12.2 Å². The molecule has 2 aromatic carbocycles. The summed E-state index contributed by atoms with van der Waals surface area (Å²) in [7, 11) is 0. The Bertz CT molecular complexity index is 1050. The van der Waals surface area contributed by atoms with E-state index in [2.05, 4.69) is 0 Å². The summed E-state index contributed by atoms with van der Waals surface area (Å²) in [6, 6.07) is 13.1. The van der Waals surface area contributed by atoms with E-state index in [1.54, 1.807) is 19.1 Å². The standard InChI is InChI=1S/C23H22O6/c1-2-26-23(25)22-19(18-8-3-4-9-20(18)29-22)13-28-21(24)14-27-17-11-10-15-6-5-7-16(15)12-17/h3-4,8-12H,2,5-7,13-14H2,1H3. The van der Waals surface area contributed by atoms with Gasteiger partial charge >= 0.3 is 11.9 Å². The minimum absolute atomic E-state index is 0.0559. The van der Waals surface area contributed by atoms with Gasteiger partial charge in [-0.05, 0) is 55.5 Å². The minimum atomic E-state index is -0.580. The fourth-order valence-electron chi connectivity index (χ4n) is 3.58. The number of para-hydroxylation sites is 1. The Morgan fingerprint density at radius 3 is 2.72 bits per heavy atom. The first kappa shape index (κ1) is 19.1. The molecule has 0 saturated heterocycles. The van der Waals surface area contributed by atoms with Crippen LogP contribution in [-0.4, -0.2) is 25.2 Å². The van der Waals surface area contributed by atoms with Crippen molar-refractivity contribution in [2.75, 3.05) is 13.2 Å². The van der Waals surface area contributed by atoms with Crippen molar-refractivity contribution in [2.24, 2.45) is 0 Å². The summed E-state index contributed by atoms with van der Waals surface area (Å²) in [5.74, 6) is -0.390. The van der Waals surface area contributed by atoms with Gasteiger partial charge in [-0.15, -0.1) is 0 Å². The topological polar surface area (TPSA) is 75.0 Å². The second kappa shape index (κ2) is 8.39. The maximum atomic E-state index is 12.2. The molecule has 6 heteroatoms. The van der Waals surface area contributed by atoms with Gasteiger partial charge in [-0.2, -0.15) is 0 Å². The average molecular weight is 394 g/mol. The number of aryl methyl sites for hydroxylation is 2. The van der Waals surface area contributed by atoms with Crippen molar-refractivity contribution in [1.29, 1.82) is 0 Å². The molecule has 0 N–H and O–H groups in total. The number of carbonyl (C=O) groups is 2. The highest BCUT2D eigenvalue weighted by molar-refractivity contribution is 5.96. The van der Waals surface area contributed by atoms with E-state index in [4.69, 9.17) is 18.6 Å². The predicted molar refractivity (Wildman–Crippen MR) is 106 cm³/mol. The normalized spacial score (nSPS) is 12.6. The maximum Gasteiger partial charge on any atom is 0.374 e. The summed E-state index contributed by atoms with van der Waals surface area (Å²) in [6.45, 7) is 1.64. The van der Waals surface area contributed by atoms with Crippen LogP contribution in [-0.2, 0) is 33.7 Å². The highest BCUT2D eigenvalue weighted by atomic mass is 16.6. The number of hydrogen-bond acceptors (Lipinski definition) is 6. The van der Waals surface area contributed by atoms with Crippen LogP contribution in [0.4, 0.5) is 0 Å². The second-order valence-corrected chi connectivity index (χ2v) is 6.86. The first-order valence-electron chi connectivity index (χ1n) is 9.73. The van der Waals surface area contributed by atoms with E-state index < -0.39 is 11.9 Å². The van der Waals surface area contributed by atoms with Gasteiger partial charge < -0.3 is 18.6 Å². The fourth-order valence-corrected chi connectivity index (χ4v) is 3.58. The molecule has 0 spiro atoms. The van der Waals surface area contributed by atoms with E-state index in [0.29, 0.717) is 22.3 Å². The number of ether oxygens (including phenoxy) is 3. The quantitative estimate of drug-likeness (QED) is 0.559. The van der Waals surface area contributed by atoms with E-state index >= 15 is 0 Å². The minimum Gasteiger partial charge on any atom is -0.482 e. The first-order chi connectivity index (χ1) is 14.2. The Morgan fingerprint density at radius 2 is 1.86 bits per heavy atom. The number of hydrogen-bond donors (Lipinski definition) is 0. The Morgan fingerprint density at radius 1 is 1.03 bits per heavy atom. The zero-order valence-electron chi connectivity index (χ0n) is 16.2. The number of fused-ring (bicyclic) bond motifs is 2. The summed E-state index contributed by atoms with van der Waals surface area (Å²) in [4.78, 5) is 24.4. The fraction of sp³-hybridized carbons (Fsp3) is 0.304. The molecule has 0 atom stereocenters. The van der Waals surface area contributed by atoms with E-state index in [0.717, 1.165) is 19.3 Å². The molecule has 4 rings (SSSR count). The highest BCUT2D eigenvalue weighted by Gasteiger charge is 2.22. The van der Waals surface area contributed by atoms with E-state index in [9.17, 15) is 9.59 Å². The lowest BCUT2D eigenvalue weighted by Crippen LogP contribution is -2.16. The number of benzene rings is 2. The Hall–Kier alpha value is -3.28. The highest BCUT2D eigenvalue weighted by Crippen LogP contribution is 2.28. The van der Waals surface area contributed by atoms with Crippen molar-refractivity contribution < 1.29 is 28.2 Å². The van der Waals surface area contributed by atoms with Crippen LogP contribution < -0.4 is 4.74 Å². The first-order valence-corrected chi connectivity index (χ1v) is 9.73. The van der Waals surface area contributed by atoms with Crippen LogP contribution in [0.5, 0.6) is 5.75 Å². The van der Waals surface area contributed by atoms with Crippen molar-refractivity contribution in [3.8, 4) is 5.75 Å². The van der Waals surface area contributed by atoms with Crippen LogP contribution in [0, 0.1) is 0 Å². The molecule has 0 fully saturated rings. The number of esters is 2. The summed E-state index contributed by atoms with van der Waals surface area (Å²) in [5, 5.41) is 0.711. The lowest BCUT2D eigenvalue weighted by Gasteiger charge is -2.09. The van der Waals surface area contributed by atoms with Crippen molar-refractivity contribution in [3.05, 3.63) is 64.9 Å². The van der Waals surface area contributed by atoms with Crippen LogP contribution in [0.25, 0.3) is 11.0 Å². The Labute approximate surface area is 168 Å². The third kappa shape index (κ3) is 4.11. The largest absolute Gasteiger partial charge is 0.482 e. The second-order valence-electron chi connectivity index (χ2n) is 6.86. The van der Waals surface area contributed by atoms with Gasteiger partial charge in [0, 0.05) is 5.39 Å². The molecule has 0 amide bonds. The molecular formula is C23H22O6. The number of furan rings is 1. The summed E-state index contributed by atoms with van der Waals surface area (Å²) in [5.41, 5.74) is 3.65. The Kier molecular flexibility index (Phi) is 5.51. The van der Waals surface area contributed by atoms with Gasteiger partial charge in [-0.25, -0.2) is 9.59 Å². The van der Waals surface area contributed by atoms with Crippen LogP contribution in [0.1, 0.15) is 40.6 Å². The molecule has 29 heavy (non-hydrogen) atoms. The zero-order valence-corrected chi connectivity index (χ0v) is 16.2. The van der Waals surface area contributed by atoms with Gasteiger partial charge in [0.25, 0.3) is 0 Å². The molecule has 1 aliphatic carbocycles. The molecule has 0 aliphatic heterocycles. The smallest absolute Gasteiger partial charge is 0.374 e. The lowest BCUT2D eigenvalue weighted by atomic mass is 10.1. The van der Waals surface area contributed by atoms with Gasteiger partial charge in [0.1, 0.15) is 17.9 Å². The van der Waals surface area contributed by atoms with Crippen LogP contribution in [0.15, 0.2) is 46.9 Å².